The summed E-state index contributed by atoms with van der Waals surface area (Å²) in [6, 6.07) is 7.38. The molecule has 1 N–H and O–H groups in total. The van der Waals surface area contributed by atoms with E-state index >= 15 is 0 Å². The van der Waals surface area contributed by atoms with Gasteiger partial charge in [-0.15, -0.1) is 11.8 Å². The van der Waals surface area contributed by atoms with Gasteiger partial charge in [-0.3, -0.25) is 9.89 Å². The van der Waals surface area contributed by atoms with Gasteiger partial charge in [0.1, 0.15) is 5.82 Å². The first-order valence-electron chi connectivity index (χ1n) is 8.84. The van der Waals surface area contributed by atoms with Crippen LogP contribution in [0.1, 0.15) is 19.3 Å². The molecule has 24 heavy (non-hydrogen) atoms. The van der Waals surface area contributed by atoms with Gasteiger partial charge in [-0.05, 0) is 56.6 Å². The molecule has 2 saturated heterocycles. The SMILES string of the molecule is CN=C(NCCSc1ccc(F)cc1)N1CCC(N2CCCC2)C1. The first-order chi connectivity index (χ1) is 11.8. The van der Waals surface area contributed by atoms with Gasteiger partial charge in [0, 0.05) is 43.4 Å². The van der Waals surface area contributed by atoms with Crippen LogP contribution in [0.4, 0.5) is 4.39 Å². The van der Waals surface area contributed by atoms with Crippen molar-refractivity contribution in [2.75, 3.05) is 45.5 Å². The molecular formula is C18H27FN4S. The zero-order chi connectivity index (χ0) is 16.8. The highest BCUT2D eigenvalue weighted by Gasteiger charge is 2.30. The van der Waals surface area contributed by atoms with Gasteiger partial charge in [0.15, 0.2) is 5.96 Å². The molecule has 2 fully saturated rings. The van der Waals surface area contributed by atoms with E-state index in [9.17, 15) is 4.39 Å². The molecule has 2 aliphatic rings. The molecular weight excluding hydrogens is 323 g/mol. The van der Waals surface area contributed by atoms with Crippen molar-refractivity contribution < 1.29 is 4.39 Å². The highest BCUT2D eigenvalue weighted by atomic mass is 32.2. The predicted molar refractivity (Wildman–Crippen MR) is 99.3 cm³/mol. The van der Waals surface area contributed by atoms with Gasteiger partial charge < -0.3 is 10.2 Å². The van der Waals surface area contributed by atoms with Crippen molar-refractivity contribution in [2.45, 2.75) is 30.2 Å². The largest absolute Gasteiger partial charge is 0.355 e. The summed E-state index contributed by atoms with van der Waals surface area (Å²) < 4.78 is 12.9. The number of aliphatic imine (C=N–C) groups is 1. The first-order valence-corrected chi connectivity index (χ1v) is 9.83. The molecule has 0 aromatic heterocycles. The lowest BCUT2D eigenvalue weighted by atomic mass is 10.2. The average molecular weight is 351 g/mol. The molecule has 1 aromatic carbocycles. The van der Waals surface area contributed by atoms with Gasteiger partial charge >= 0.3 is 0 Å². The molecule has 0 saturated carbocycles. The second-order valence-electron chi connectivity index (χ2n) is 6.41. The lowest BCUT2D eigenvalue weighted by Crippen LogP contribution is -2.43. The molecule has 2 heterocycles. The Bertz CT molecular complexity index is 542. The molecule has 3 rings (SSSR count). The van der Waals surface area contributed by atoms with Crippen LogP contribution in [0.5, 0.6) is 0 Å². The molecule has 2 aliphatic heterocycles. The molecule has 0 bridgehead atoms. The third-order valence-corrected chi connectivity index (χ3v) is 5.81. The van der Waals surface area contributed by atoms with Crippen molar-refractivity contribution in [2.24, 2.45) is 4.99 Å². The fourth-order valence-corrected chi connectivity index (χ4v) is 4.30. The summed E-state index contributed by atoms with van der Waals surface area (Å²) >= 11 is 1.73. The Hall–Kier alpha value is -1.27. The number of rotatable bonds is 5. The van der Waals surface area contributed by atoms with E-state index in [2.05, 4.69) is 20.1 Å². The lowest BCUT2D eigenvalue weighted by Gasteiger charge is -2.25. The molecule has 132 valence electrons. The van der Waals surface area contributed by atoms with Crippen LogP contribution in [-0.4, -0.2) is 67.3 Å². The number of benzene rings is 1. The number of halogens is 1. The number of likely N-dealkylation sites (tertiary alicyclic amines) is 2. The Morgan fingerprint density at radius 2 is 2.00 bits per heavy atom. The fourth-order valence-electron chi connectivity index (χ4n) is 3.53. The summed E-state index contributed by atoms with van der Waals surface area (Å²) in [5.74, 6) is 1.77. The zero-order valence-electron chi connectivity index (χ0n) is 14.4. The molecule has 0 spiro atoms. The molecule has 1 unspecified atom stereocenters. The Balaban J connectivity index is 1.39. The smallest absolute Gasteiger partial charge is 0.193 e. The highest BCUT2D eigenvalue weighted by molar-refractivity contribution is 7.99. The number of thioether (sulfide) groups is 1. The van der Waals surface area contributed by atoms with E-state index < -0.39 is 0 Å². The van der Waals surface area contributed by atoms with Crippen LogP contribution in [0.25, 0.3) is 0 Å². The van der Waals surface area contributed by atoms with E-state index in [1.807, 2.05) is 19.2 Å². The zero-order valence-corrected chi connectivity index (χ0v) is 15.2. The van der Waals surface area contributed by atoms with Gasteiger partial charge in [0.2, 0.25) is 0 Å². The van der Waals surface area contributed by atoms with Crippen molar-refractivity contribution in [3.05, 3.63) is 30.1 Å². The summed E-state index contributed by atoms with van der Waals surface area (Å²) in [5.41, 5.74) is 0. The number of nitrogens with zero attached hydrogens (tertiary/aromatic N) is 3. The fraction of sp³-hybridized carbons (Fsp3) is 0.611. The van der Waals surface area contributed by atoms with Crippen molar-refractivity contribution in [3.8, 4) is 0 Å². The van der Waals surface area contributed by atoms with E-state index in [1.54, 1.807) is 11.8 Å². The summed E-state index contributed by atoms with van der Waals surface area (Å²) in [5, 5.41) is 3.47. The van der Waals surface area contributed by atoms with Crippen LogP contribution in [0.15, 0.2) is 34.2 Å². The van der Waals surface area contributed by atoms with E-state index in [-0.39, 0.29) is 5.82 Å². The second-order valence-corrected chi connectivity index (χ2v) is 7.58. The minimum atomic E-state index is -0.181. The Morgan fingerprint density at radius 3 is 2.71 bits per heavy atom. The van der Waals surface area contributed by atoms with Gasteiger partial charge in [0.25, 0.3) is 0 Å². The number of guanidine groups is 1. The standard InChI is InChI=1S/C18H27FN4S/c1-20-18(21-9-13-24-17-6-4-15(19)5-7-17)23-12-8-16(14-23)22-10-2-3-11-22/h4-7,16H,2-3,8-14H2,1H3,(H,20,21). The summed E-state index contributed by atoms with van der Waals surface area (Å²) in [6.07, 6.45) is 3.94. The minimum Gasteiger partial charge on any atom is -0.355 e. The van der Waals surface area contributed by atoms with Crippen molar-refractivity contribution in [1.29, 1.82) is 0 Å². The second kappa shape index (κ2) is 8.72. The van der Waals surface area contributed by atoms with E-state index in [0.29, 0.717) is 6.04 Å². The van der Waals surface area contributed by atoms with Crippen LogP contribution in [0, 0.1) is 5.82 Å². The molecule has 4 nitrogen and oxygen atoms in total. The average Bonchev–Trinajstić information content (AvgIpc) is 3.28. The minimum absolute atomic E-state index is 0.181. The van der Waals surface area contributed by atoms with Gasteiger partial charge in [-0.1, -0.05) is 0 Å². The summed E-state index contributed by atoms with van der Waals surface area (Å²) in [4.78, 5) is 10.6. The Morgan fingerprint density at radius 1 is 1.25 bits per heavy atom. The van der Waals surface area contributed by atoms with Crippen LogP contribution in [0.3, 0.4) is 0 Å². The van der Waals surface area contributed by atoms with E-state index in [1.165, 1.54) is 44.5 Å². The maximum Gasteiger partial charge on any atom is 0.193 e. The van der Waals surface area contributed by atoms with Crippen molar-refractivity contribution >= 4 is 17.7 Å². The highest BCUT2D eigenvalue weighted by Crippen LogP contribution is 2.20. The summed E-state index contributed by atoms with van der Waals surface area (Å²) in [7, 11) is 1.86. The van der Waals surface area contributed by atoms with Gasteiger partial charge in [-0.25, -0.2) is 4.39 Å². The summed E-state index contributed by atoms with van der Waals surface area (Å²) in [6.45, 7) is 5.56. The topological polar surface area (TPSA) is 30.9 Å². The van der Waals surface area contributed by atoms with Crippen LogP contribution >= 0.6 is 11.8 Å². The van der Waals surface area contributed by atoms with Crippen LogP contribution in [0.2, 0.25) is 0 Å². The normalized spacial score (nSPS) is 22.3. The molecule has 0 radical (unpaired) electrons. The van der Waals surface area contributed by atoms with Crippen LogP contribution in [-0.2, 0) is 0 Å². The maximum atomic E-state index is 12.9. The van der Waals surface area contributed by atoms with E-state index in [0.717, 1.165) is 36.2 Å². The van der Waals surface area contributed by atoms with Crippen LogP contribution < -0.4 is 5.32 Å². The maximum absolute atomic E-state index is 12.9. The number of hydrogen-bond acceptors (Lipinski definition) is 3. The molecule has 1 atom stereocenters. The molecule has 6 heteroatoms. The van der Waals surface area contributed by atoms with Crippen molar-refractivity contribution in [1.82, 2.24) is 15.1 Å². The molecule has 0 amide bonds. The monoisotopic (exact) mass is 350 g/mol. The predicted octanol–water partition coefficient (Wildman–Crippen LogP) is 2.66. The third kappa shape index (κ3) is 4.63. The number of hydrogen-bond donors (Lipinski definition) is 1. The van der Waals surface area contributed by atoms with Gasteiger partial charge in [0.05, 0.1) is 0 Å². The Kier molecular flexibility index (Phi) is 6.37. The molecule has 1 aromatic rings. The number of nitrogens with one attached hydrogen (secondary N) is 1. The van der Waals surface area contributed by atoms with E-state index in [4.69, 9.17) is 0 Å². The Labute approximate surface area is 148 Å². The first kappa shape index (κ1) is 17.5. The third-order valence-electron chi connectivity index (χ3n) is 4.80. The van der Waals surface area contributed by atoms with Crippen molar-refractivity contribution in [3.63, 3.8) is 0 Å². The van der Waals surface area contributed by atoms with Gasteiger partial charge in [-0.2, -0.15) is 0 Å². The quantitative estimate of drug-likeness (QED) is 0.383. The molecule has 0 aliphatic carbocycles. The lowest BCUT2D eigenvalue weighted by molar-refractivity contribution is 0.249.